The summed E-state index contributed by atoms with van der Waals surface area (Å²) >= 11 is 0. The predicted molar refractivity (Wildman–Crippen MR) is 98.2 cm³/mol. The molecule has 28 heavy (non-hydrogen) atoms. The van der Waals surface area contributed by atoms with Crippen molar-refractivity contribution in [3.05, 3.63) is 65.2 Å². The first-order chi connectivity index (χ1) is 13.3. The normalized spacial score (nSPS) is 16.1. The van der Waals surface area contributed by atoms with Crippen molar-refractivity contribution in [3.63, 3.8) is 0 Å². The van der Waals surface area contributed by atoms with Crippen LogP contribution in [-0.2, 0) is 21.3 Å². The van der Waals surface area contributed by atoms with E-state index in [1.807, 2.05) is 12.1 Å². The van der Waals surface area contributed by atoms with E-state index in [1.165, 1.54) is 11.4 Å². The number of rotatable bonds is 5. The van der Waals surface area contributed by atoms with Gasteiger partial charge in [-0.1, -0.05) is 12.1 Å². The number of ether oxygens (including phenoxy) is 1. The molecule has 0 bridgehead atoms. The molecule has 0 aliphatic carbocycles. The van der Waals surface area contributed by atoms with Crippen molar-refractivity contribution in [1.29, 1.82) is 0 Å². The van der Waals surface area contributed by atoms with Gasteiger partial charge in [-0.2, -0.15) is 4.31 Å². The van der Waals surface area contributed by atoms with Crippen LogP contribution in [0.3, 0.4) is 0 Å². The molecule has 0 saturated carbocycles. The third-order valence-electron chi connectivity index (χ3n) is 4.64. The number of nitrogens with zero attached hydrogens (tertiary/aromatic N) is 2. The third kappa shape index (κ3) is 4.37. The summed E-state index contributed by atoms with van der Waals surface area (Å²) in [5, 5.41) is 0. The smallest absolute Gasteiger partial charge is 0.337 e. The van der Waals surface area contributed by atoms with Crippen molar-refractivity contribution in [1.82, 2.24) is 9.21 Å². The number of piperazine rings is 1. The highest BCUT2D eigenvalue weighted by molar-refractivity contribution is 7.89. The van der Waals surface area contributed by atoms with E-state index in [2.05, 4.69) is 9.64 Å². The van der Waals surface area contributed by atoms with E-state index in [9.17, 15) is 22.0 Å². The molecule has 0 amide bonds. The van der Waals surface area contributed by atoms with E-state index < -0.39 is 27.6 Å². The average molecular weight is 410 g/mol. The zero-order valence-corrected chi connectivity index (χ0v) is 16.1. The van der Waals surface area contributed by atoms with Gasteiger partial charge in [0.2, 0.25) is 10.0 Å². The van der Waals surface area contributed by atoms with Crippen LogP contribution in [0.5, 0.6) is 0 Å². The summed E-state index contributed by atoms with van der Waals surface area (Å²) in [4.78, 5) is 13.3. The number of halogens is 2. The highest BCUT2D eigenvalue weighted by Crippen LogP contribution is 2.20. The highest BCUT2D eigenvalue weighted by atomic mass is 32.2. The number of sulfonamides is 1. The second-order valence-corrected chi connectivity index (χ2v) is 8.38. The van der Waals surface area contributed by atoms with Gasteiger partial charge < -0.3 is 4.74 Å². The number of esters is 1. The SMILES string of the molecule is COC(=O)c1ccc(CN2CCN(S(=O)(=O)c3ccc(F)c(F)c3)CC2)cc1. The highest BCUT2D eigenvalue weighted by Gasteiger charge is 2.29. The molecule has 2 aromatic rings. The monoisotopic (exact) mass is 410 g/mol. The lowest BCUT2D eigenvalue weighted by Crippen LogP contribution is -2.48. The summed E-state index contributed by atoms with van der Waals surface area (Å²) < 4.78 is 57.6. The summed E-state index contributed by atoms with van der Waals surface area (Å²) in [5.74, 6) is -2.67. The molecule has 0 aromatic heterocycles. The number of methoxy groups -OCH3 is 1. The summed E-state index contributed by atoms with van der Waals surface area (Å²) in [5.41, 5.74) is 1.46. The molecule has 1 aliphatic rings. The molecule has 150 valence electrons. The minimum Gasteiger partial charge on any atom is -0.465 e. The van der Waals surface area contributed by atoms with Gasteiger partial charge in [-0.25, -0.2) is 22.0 Å². The number of carbonyl (C=O) groups excluding carboxylic acids is 1. The fourth-order valence-electron chi connectivity index (χ4n) is 3.04. The lowest BCUT2D eigenvalue weighted by Gasteiger charge is -2.34. The second-order valence-electron chi connectivity index (χ2n) is 6.44. The molecule has 0 N–H and O–H groups in total. The van der Waals surface area contributed by atoms with Crippen LogP contribution in [0.1, 0.15) is 15.9 Å². The van der Waals surface area contributed by atoms with Crippen molar-refractivity contribution in [2.75, 3.05) is 33.3 Å². The first-order valence-corrected chi connectivity index (χ1v) is 10.1. The van der Waals surface area contributed by atoms with Gasteiger partial charge in [0.05, 0.1) is 17.6 Å². The Morgan fingerprint density at radius 1 is 1.00 bits per heavy atom. The Morgan fingerprint density at radius 3 is 2.21 bits per heavy atom. The van der Waals surface area contributed by atoms with E-state index in [1.54, 1.807) is 12.1 Å². The second kappa shape index (κ2) is 8.34. The molecule has 0 radical (unpaired) electrons. The number of hydrogen-bond donors (Lipinski definition) is 0. The topological polar surface area (TPSA) is 66.9 Å². The van der Waals surface area contributed by atoms with Gasteiger partial charge in [0.1, 0.15) is 0 Å². The van der Waals surface area contributed by atoms with Crippen LogP contribution in [0.15, 0.2) is 47.4 Å². The van der Waals surface area contributed by atoms with Gasteiger partial charge >= 0.3 is 5.97 Å². The molecule has 3 rings (SSSR count). The van der Waals surface area contributed by atoms with Crippen LogP contribution in [0.2, 0.25) is 0 Å². The molecule has 1 aliphatic heterocycles. The maximum Gasteiger partial charge on any atom is 0.337 e. The quantitative estimate of drug-likeness (QED) is 0.708. The van der Waals surface area contributed by atoms with Crippen LogP contribution in [0.4, 0.5) is 8.78 Å². The zero-order chi connectivity index (χ0) is 20.3. The molecule has 0 atom stereocenters. The van der Waals surface area contributed by atoms with E-state index in [-0.39, 0.29) is 18.0 Å². The van der Waals surface area contributed by atoms with E-state index in [4.69, 9.17) is 0 Å². The number of hydrogen-bond acceptors (Lipinski definition) is 5. The van der Waals surface area contributed by atoms with E-state index >= 15 is 0 Å². The summed E-state index contributed by atoms with van der Waals surface area (Å²) in [7, 11) is -2.54. The predicted octanol–water partition coefficient (Wildman–Crippen LogP) is 2.26. The van der Waals surface area contributed by atoms with Crippen molar-refractivity contribution >= 4 is 16.0 Å². The molecule has 1 fully saturated rings. The molecule has 2 aromatic carbocycles. The van der Waals surface area contributed by atoms with Gasteiger partial charge in [0, 0.05) is 32.7 Å². The maximum atomic E-state index is 13.4. The third-order valence-corrected chi connectivity index (χ3v) is 6.54. The number of carbonyl (C=O) groups is 1. The Labute approximate surface area is 162 Å². The Hall–Kier alpha value is -2.36. The lowest BCUT2D eigenvalue weighted by molar-refractivity contribution is 0.0600. The Morgan fingerprint density at radius 2 is 1.64 bits per heavy atom. The van der Waals surface area contributed by atoms with Crippen molar-refractivity contribution in [3.8, 4) is 0 Å². The Balaban J connectivity index is 1.61. The van der Waals surface area contributed by atoms with Crippen LogP contribution < -0.4 is 0 Å². The average Bonchev–Trinajstić information content (AvgIpc) is 2.70. The molecule has 6 nitrogen and oxygen atoms in total. The standard InChI is InChI=1S/C19H20F2N2O4S/c1-27-19(24)15-4-2-14(3-5-15)13-22-8-10-23(11-9-22)28(25,26)16-6-7-17(20)18(21)12-16/h2-7,12H,8-11,13H2,1H3. The Bertz CT molecular complexity index is 956. The van der Waals surface area contributed by atoms with Gasteiger partial charge in [-0.3, -0.25) is 4.90 Å². The minimum atomic E-state index is -3.87. The van der Waals surface area contributed by atoms with Crippen LogP contribution in [0.25, 0.3) is 0 Å². The largest absolute Gasteiger partial charge is 0.465 e. The fourth-order valence-corrected chi connectivity index (χ4v) is 4.47. The molecule has 9 heteroatoms. The zero-order valence-electron chi connectivity index (χ0n) is 15.3. The first-order valence-electron chi connectivity index (χ1n) is 8.66. The summed E-state index contributed by atoms with van der Waals surface area (Å²) in [6.45, 7) is 2.12. The van der Waals surface area contributed by atoms with Crippen LogP contribution in [-0.4, -0.2) is 56.9 Å². The fraction of sp³-hybridized carbons (Fsp3) is 0.316. The van der Waals surface area contributed by atoms with Gasteiger partial charge in [-0.15, -0.1) is 0 Å². The molecule has 1 heterocycles. The molecule has 1 saturated heterocycles. The summed E-state index contributed by atoms with van der Waals surface area (Å²) in [6.07, 6.45) is 0. The number of benzene rings is 2. The molecular formula is C19H20F2N2O4S. The minimum absolute atomic E-state index is 0.252. The molecule has 0 unspecified atom stereocenters. The summed E-state index contributed by atoms with van der Waals surface area (Å²) in [6, 6.07) is 9.63. The van der Waals surface area contributed by atoms with Gasteiger partial charge in [0.15, 0.2) is 11.6 Å². The maximum absolute atomic E-state index is 13.4. The van der Waals surface area contributed by atoms with Crippen molar-refractivity contribution < 1.29 is 26.7 Å². The Kier molecular flexibility index (Phi) is 6.07. The lowest BCUT2D eigenvalue weighted by atomic mass is 10.1. The van der Waals surface area contributed by atoms with Crippen LogP contribution >= 0.6 is 0 Å². The van der Waals surface area contributed by atoms with E-state index in [0.717, 1.165) is 17.7 Å². The van der Waals surface area contributed by atoms with Crippen molar-refractivity contribution in [2.45, 2.75) is 11.4 Å². The van der Waals surface area contributed by atoms with E-state index in [0.29, 0.717) is 31.3 Å². The van der Waals surface area contributed by atoms with Gasteiger partial charge in [0.25, 0.3) is 0 Å². The van der Waals surface area contributed by atoms with Crippen molar-refractivity contribution in [2.24, 2.45) is 0 Å². The molecular weight excluding hydrogens is 390 g/mol. The van der Waals surface area contributed by atoms with Crippen LogP contribution in [0, 0.1) is 11.6 Å². The first kappa shape index (κ1) is 20.4. The molecule has 0 spiro atoms. The van der Waals surface area contributed by atoms with Gasteiger partial charge in [-0.05, 0) is 35.9 Å².